The van der Waals surface area contributed by atoms with Crippen molar-refractivity contribution in [3.05, 3.63) is 21.6 Å². The van der Waals surface area contributed by atoms with Crippen molar-refractivity contribution in [2.45, 2.75) is 58.1 Å². The van der Waals surface area contributed by atoms with Gasteiger partial charge in [-0.2, -0.15) is 4.98 Å². The van der Waals surface area contributed by atoms with E-state index in [1.54, 1.807) is 0 Å². The second-order valence-electron chi connectivity index (χ2n) is 7.37. The normalized spacial score (nSPS) is 20.3. The first kappa shape index (κ1) is 20.2. The van der Waals surface area contributed by atoms with E-state index in [4.69, 9.17) is 16.3 Å². The molecule has 0 aliphatic heterocycles. The highest BCUT2D eigenvalue weighted by Gasteiger charge is 2.25. The minimum Gasteiger partial charge on any atom is -0.444 e. The van der Waals surface area contributed by atoms with Gasteiger partial charge in [0.25, 0.3) is 0 Å². The molecule has 0 radical (unpaired) electrons. The Bertz CT molecular complexity index is 657. The molecule has 1 fully saturated rings. The Kier molecular flexibility index (Phi) is 6.57. The molecule has 1 aromatic rings. The molecule has 1 aliphatic carbocycles. The lowest BCUT2D eigenvalue weighted by molar-refractivity contribution is -0.384. The monoisotopic (exact) mass is 385 g/mol. The summed E-state index contributed by atoms with van der Waals surface area (Å²) in [5, 5.41) is 16.9. The minimum absolute atomic E-state index is 0.0385. The standard InChI is InChI=1S/C16H24ClN5O4/c1-16(2,3)26-15(23)20-11-6-4-10(5-7-11)8-18-13-12(22(24)25)9-19-14(17)21-13/h9-11H,4-8H2,1-3H3,(H,20,23)(H,18,19,21)/t10-,11-. The van der Waals surface area contributed by atoms with Gasteiger partial charge in [-0.15, -0.1) is 0 Å². The predicted octanol–water partition coefficient (Wildman–Crippen LogP) is 3.53. The number of nitrogens with zero attached hydrogens (tertiary/aromatic N) is 3. The zero-order valence-corrected chi connectivity index (χ0v) is 15.9. The lowest BCUT2D eigenvalue weighted by Gasteiger charge is -2.30. The van der Waals surface area contributed by atoms with Crippen molar-refractivity contribution in [1.29, 1.82) is 0 Å². The third-order valence-corrected chi connectivity index (χ3v) is 4.24. The van der Waals surface area contributed by atoms with E-state index in [1.807, 2.05) is 20.8 Å². The largest absolute Gasteiger partial charge is 0.444 e. The molecule has 0 saturated heterocycles. The Morgan fingerprint density at radius 1 is 1.38 bits per heavy atom. The van der Waals surface area contributed by atoms with Crippen LogP contribution in [0.1, 0.15) is 46.5 Å². The number of anilines is 1. The molecule has 1 amide bonds. The summed E-state index contributed by atoms with van der Waals surface area (Å²) in [4.78, 5) is 29.8. The van der Waals surface area contributed by atoms with Crippen LogP contribution >= 0.6 is 11.6 Å². The Morgan fingerprint density at radius 2 is 2.04 bits per heavy atom. The summed E-state index contributed by atoms with van der Waals surface area (Å²) < 4.78 is 5.27. The fraction of sp³-hybridized carbons (Fsp3) is 0.688. The first-order valence-corrected chi connectivity index (χ1v) is 8.92. The highest BCUT2D eigenvalue weighted by Crippen LogP contribution is 2.27. The van der Waals surface area contributed by atoms with Gasteiger partial charge in [-0.05, 0) is 64.0 Å². The van der Waals surface area contributed by atoms with Crippen LogP contribution in [0.3, 0.4) is 0 Å². The van der Waals surface area contributed by atoms with Crippen molar-refractivity contribution < 1.29 is 14.5 Å². The summed E-state index contributed by atoms with van der Waals surface area (Å²) in [5.74, 6) is 0.462. The topological polar surface area (TPSA) is 119 Å². The molecular formula is C16H24ClN5O4. The summed E-state index contributed by atoms with van der Waals surface area (Å²) in [6.07, 6.45) is 4.14. The van der Waals surface area contributed by atoms with Crippen molar-refractivity contribution in [2.75, 3.05) is 11.9 Å². The van der Waals surface area contributed by atoms with Crippen LogP contribution in [-0.4, -0.2) is 39.2 Å². The molecule has 0 spiro atoms. The molecule has 10 heteroatoms. The van der Waals surface area contributed by atoms with Crippen LogP contribution in [0, 0.1) is 16.0 Å². The maximum Gasteiger partial charge on any atom is 0.407 e. The van der Waals surface area contributed by atoms with Crippen molar-refractivity contribution >= 4 is 29.2 Å². The van der Waals surface area contributed by atoms with Crippen molar-refractivity contribution in [1.82, 2.24) is 15.3 Å². The zero-order chi connectivity index (χ0) is 19.3. The highest BCUT2D eigenvalue weighted by molar-refractivity contribution is 6.28. The minimum atomic E-state index is -0.541. The quantitative estimate of drug-likeness (QED) is 0.452. The SMILES string of the molecule is CC(C)(C)OC(=O)N[C@H]1CC[C@H](CNc2nc(Cl)ncc2[N+](=O)[O-])CC1. The number of carbonyl (C=O) groups is 1. The van der Waals surface area contributed by atoms with Gasteiger partial charge < -0.3 is 15.4 Å². The fourth-order valence-corrected chi connectivity index (χ4v) is 2.98. The molecular weight excluding hydrogens is 362 g/mol. The summed E-state index contributed by atoms with van der Waals surface area (Å²) in [6, 6.07) is 0.0870. The lowest BCUT2D eigenvalue weighted by Crippen LogP contribution is -2.41. The number of alkyl carbamates (subject to hydrolysis) is 1. The van der Waals surface area contributed by atoms with Crippen molar-refractivity contribution in [2.24, 2.45) is 5.92 Å². The molecule has 0 unspecified atom stereocenters. The Hall–Kier alpha value is -2.16. The van der Waals surface area contributed by atoms with E-state index in [2.05, 4.69) is 20.6 Å². The maximum atomic E-state index is 11.8. The zero-order valence-electron chi connectivity index (χ0n) is 15.1. The molecule has 9 nitrogen and oxygen atoms in total. The van der Waals surface area contributed by atoms with Crippen LogP contribution in [0.4, 0.5) is 16.3 Å². The summed E-state index contributed by atoms with van der Waals surface area (Å²) in [5.41, 5.74) is -0.715. The van der Waals surface area contributed by atoms with Crippen molar-refractivity contribution in [3.8, 4) is 0 Å². The average Bonchev–Trinajstić information content (AvgIpc) is 2.52. The van der Waals surface area contributed by atoms with Crippen LogP contribution in [0.5, 0.6) is 0 Å². The number of rotatable bonds is 5. The third-order valence-electron chi connectivity index (χ3n) is 4.06. The van der Waals surface area contributed by atoms with E-state index in [0.717, 1.165) is 31.9 Å². The van der Waals surface area contributed by atoms with Crippen LogP contribution < -0.4 is 10.6 Å². The number of aromatic nitrogens is 2. The van der Waals surface area contributed by atoms with Gasteiger partial charge in [-0.25, -0.2) is 9.78 Å². The number of amides is 1. The predicted molar refractivity (Wildman–Crippen MR) is 97.3 cm³/mol. The number of hydrogen-bond acceptors (Lipinski definition) is 7. The third kappa shape index (κ3) is 6.29. The maximum absolute atomic E-state index is 11.8. The molecule has 1 heterocycles. The number of nitro groups is 1. The van der Waals surface area contributed by atoms with Crippen LogP contribution in [0.2, 0.25) is 5.28 Å². The van der Waals surface area contributed by atoms with E-state index >= 15 is 0 Å². The number of nitrogens with one attached hydrogen (secondary N) is 2. The smallest absolute Gasteiger partial charge is 0.407 e. The van der Waals surface area contributed by atoms with Gasteiger partial charge in [0.1, 0.15) is 11.8 Å². The van der Waals surface area contributed by atoms with Gasteiger partial charge in [0, 0.05) is 12.6 Å². The summed E-state index contributed by atoms with van der Waals surface area (Å²) >= 11 is 5.72. The molecule has 2 N–H and O–H groups in total. The van der Waals surface area contributed by atoms with E-state index in [9.17, 15) is 14.9 Å². The van der Waals surface area contributed by atoms with Crippen molar-refractivity contribution in [3.63, 3.8) is 0 Å². The van der Waals surface area contributed by atoms with Gasteiger partial charge in [0.15, 0.2) is 0 Å². The van der Waals surface area contributed by atoms with Gasteiger partial charge in [0.2, 0.25) is 11.1 Å². The molecule has 1 aliphatic rings. The number of halogens is 1. The first-order chi connectivity index (χ1) is 12.1. The Balaban J connectivity index is 1.80. The van der Waals surface area contributed by atoms with E-state index in [1.165, 1.54) is 0 Å². The van der Waals surface area contributed by atoms with E-state index in [-0.39, 0.29) is 22.8 Å². The molecule has 1 aromatic heterocycles. The number of hydrogen-bond donors (Lipinski definition) is 2. The van der Waals surface area contributed by atoms with Crippen LogP contribution in [0.25, 0.3) is 0 Å². The number of ether oxygens (including phenoxy) is 1. The molecule has 2 rings (SSSR count). The molecule has 0 atom stereocenters. The first-order valence-electron chi connectivity index (χ1n) is 8.54. The molecule has 144 valence electrons. The van der Waals surface area contributed by atoms with Gasteiger partial charge in [-0.3, -0.25) is 10.1 Å². The van der Waals surface area contributed by atoms with Crippen LogP contribution in [-0.2, 0) is 4.74 Å². The molecule has 26 heavy (non-hydrogen) atoms. The van der Waals surface area contributed by atoms with Crippen LogP contribution in [0.15, 0.2) is 6.20 Å². The molecule has 0 aromatic carbocycles. The van der Waals surface area contributed by atoms with E-state index in [0.29, 0.717) is 12.5 Å². The Morgan fingerprint density at radius 3 is 2.62 bits per heavy atom. The summed E-state index contributed by atoms with van der Waals surface area (Å²) in [6.45, 7) is 6.03. The second kappa shape index (κ2) is 8.48. The molecule has 0 bridgehead atoms. The summed E-state index contributed by atoms with van der Waals surface area (Å²) in [7, 11) is 0. The van der Waals surface area contributed by atoms with Gasteiger partial charge >= 0.3 is 11.8 Å². The molecule has 1 saturated carbocycles. The number of carbonyl (C=O) groups excluding carboxylic acids is 1. The van der Waals surface area contributed by atoms with Gasteiger partial charge in [0.05, 0.1) is 4.92 Å². The average molecular weight is 386 g/mol. The highest BCUT2D eigenvalue weighted by atomic mass is 35.5. The fourth-order valence-electron chi connectivity index (χ4n) is 2.84. The van der Waals surface area contributed by atoms with Gasteiger partial charge in [-0.1, -0.05) is 0 Å². The lowest BCUT2D eigenvalue weighted by atomic mass is 9.86. The van der Waals surface area contributed by atoms with E-state index < -0.39 is 16.6 Å². The second-order valence-corrected chi connectivity index (χ2v) is 7.71. The Labute approximate surface area is 157 Å².